The molecule has 0 spiro atoms. The van der Waals surface area contributed by atoms with Crippen molar-refractivity contribution in [1.82, 2.24) is 0 Å². The van der Waals surface area contributed by atoms with E-state index in [0.29, 0.717) is 0 Å². The zero-order valence-electron chi connectivity index (χ0n) is 2.23. The van der Waals surface area contributed by atoms with Crippen LogP contribution in [0, 0.1) is 0 Å². The van der Waals surface area contributed by atoms with Crippen molar-refractivity contribution < 1.29 is 4.89 Å². The van der Waals surface area contributed by atoms with Crippen molar-refractivity contribution >= 4 is 18.9 Å². The highest BCUT2D eigenvalue weighted by Crippen LogP contribution is 1.72. The standard InChI is InChI=1S/H4NOP.H3P/c1-3-2;/h2-3H,1H2;1H3. The van der Waals surface area contributed by atoms with Crippen molar-refractivity contribution in [3.05, 3.63) is 0 Å². The Bertz CT molecular complexity index is 6.00. The lowest BCUT2D eigenvalue weighted by molar-refractivity contribution is 0.647. The van der Waals surface area contributed by atoms with Gasteiger partial charge in [0.1, 0.15) is 0 Å². The second-order valence-electron chi connectivity index (χ2n) is 0.129. The van der Waals surface area contributed by atoms with Gasteiger partial charge >= 0.3 is 0 Å². The highest BCUT2D eigenvalue weighted by molar-refractivity contribution is 7.27. The molecule has 0 amide bonds. The van der Waals surface area contributed by atoms with E-state index < -0.39 is 8.96 Å². The van der Waals surface area contributed by atoms with Crippen molar-refractivity contribution in [2.75, 3.05) is 0 Å². The summed E-state index contributed by atoms with van der Waals surface area (Å²) >= 11 is 0. The molecule has 0 fully saturated rings. The highest BCUT2D eigenvalue weighted by Gasteiger charge is 1.31. The molecule has 4 heavy (non-hydrogen) atoms. The lowest BCUT2D eigenvalue weighted by Gasteiger charge is -1.55. The summed E-state index contributed by atoms with van der Waals surface area (Å²) < 4.78 is 0. The first-order valence-corrected chi connectivity index (χ1v) is 1.54. The van der Waals surface area contributed by atoms with Gasteiger partial charge < -0.3 is 4.89 Å². The zero-order valence-corrected chi connectivity index (χ0v) is 4.65. The summed E-state index contributed by atoms with van der Waals surface area (Å²) in [6.07, 6.45) is 0. The Kier molecular flexibility index (Phi) is 20.4. The first kappa shape index (κ1) is 8.84. The molecule has 0 aromatic rings. The third kappa shape index (κ3) is 14.5. The van der Waals surface area contributed by atoms with Crippen molar-refractivity contribution in [1.29, 1.82) is 0 Å². The molecule has 3 N–H and O–H groups in total. The Balaban J connectivity index is 0. The van der Waals surface area contributed by atoms with Crippen molar-refractivity contribution in [3.63, 3.8) is 0 Å². The minimum atomic E-state index is -0.417. The van der Waals surface area contributed by atoms with Crippen LogP contribution in [-0.2, 0) is 0 Å². The molecule has 0 aliphatic rings. The van der Waals surface area contributed by atoms with Gasteiger partial charge in [-0.15, -0.1) is 0 Å². The van der Waals surface area contributed by atoms with Gasteiger partial charge in [0.2, 0.25) is 0 Å². The number of nitrogens with two attached hydrogens (primary N) is 1. The van der Waals surface area contributed by atoms with Crippen LogP contribution in [0.25, 0.3) is 0 Å². The number of rotatable bonds is 0. The van der Waals surface area contributed by atoms with E-state index in [1.807, 2.05) is 0 Å². The maximum Gasteiger partial charge on any atom is 0.0797 e. The molecular weight excluding hydrogens is 92.0 g/mol. The predicted molar refractivity (Wildman–Crippen MR) is 25.8 cm³/mol. The fourth-order valence-corrected chi connectivity index (χ4v) is 0. The summed E-state index contributed by atoms with van der Waals surface area (Å²) in [5.74, 6) is 0. The second kappa shape index (κ2) is 9.22. The minimum Gasteiger partial charge on any atom is -0.362 e. The molecule has 0 heterocycles. The monoisotopic (exact) mass is 99.0 g/mol. The van der Waals surface area contributed by atoms with Crippen LogP contribution in [-0.4, -0.2) is 4.89 Å². The molecule has 2 unspecified atom stereocenters. The van der Waals surface area contributed by atoms with Crippen molar-refractivity contribution in [2.24, 2.45) is 5.50 Å². The van der Waals surface area contributed by atoms with E-state index in [1.165, 1.54) is 0 Å². The van der Waals surface area contributed by atoms with Gasteiger partial charge in [0.05, 0.1) is 8.96 Å². The summed E-state index contributed by atoms with van der Waals surface area (Å²) in [5, 5.41) is 0. The molecule has 0 aromatic heterocycles. The van der Waals surface area contributed by atoms with Crippen LogP contribution >= 0.6 is 18.9 Å². The van der Waals surface area contributed by atoms with E-state index in [9.17, 15) is 0 Å². The molecule has 0 aliphatic heterocycles. The molecule has 0 saturated carbocycles. The lowest BCUT2D eigenvalue weighted by Crippen LogP contribution is -1.60. The van der Waals surface area contributed by atoms with E-state index in [-0.39, 0.29) is 9.90 Å². The number of hydrogen-bond acceptors (Lipinski definition) is 2. The van der Waals surface area contributed by atoms with Crippen LogP contribution in [0.5, 0.6) is 0 Å². The van der Waals surface area contributed by atoms with Crippen molar-refractivity contribution in [3.8, 4) is 0 Å². The van der Waals surface area contributed by atoms with Gasteiger partial charge in [-0.25, -0.2) is 0 Å². The van der Waals surface area contributed by atoms with Crippen molar-refractivity contribution in [2.45, 2.75) is 0 Å². The van der Waals surface area contributed by atoms with Crippen LogP contribution in [0.1, 0.15) is 0 Å². The van der Waals surface area contributed by atoms with E-state index in [2.05, 4.69) is 5.50 Å². The van der Waals surface area contributed by atoms with E-state index >= 15 is 0 Å². The van der Waals surface area contributed by atoms with Gasteiger partial charge in [-0.3, -0.25) is 5.50 Å². The molecular formula is H7NOP2. The Hall–Kier alpha value is 0.780. The summed E-state index contributed by atoms with van der Waals surface area (Å²) in [7, 11) is -0.417. The third-order valence-electron chi connectivity index (χ3n) is 0. The molecule has 0 aromatic carbocycles. The molecule has 4 heteroatoms. The SMILES string of the molecule is NPO.P. The van der Waals surface area contributed by atoms with Gasteiger partial charge in [0, 0.05) is 0 Å². The fourth-order valence-electron chi connectivity index (χ4n) is 0. The highest BCUT2D eigenvalue weighted by atomic mass is 31.1. The Morgan fingerprint density at radius 2 is 1.75 bits per heavy atom. The van der Waals surface area contributed by atoms with E-state index in [0.717, 1.165) is 0 Å². The summed E-state index contributed by atoms with van der Waals surface area (Å²) in [6.45, 7) is 0. The number of hydrogen-bond donors (Lipinski definition) is 2. The van der Waals surface area contributed by atoms with Crippen LogP contribution in [0.3, 0.4) is 0 Å². The second-order valence-corrected chi connectivity index (χ2v) is 0.387. The average molecular weight is 99.0 g/mol. The van der Waals surface area contributed by atoms with Gasteiger partial charge in [-0.05, 0) is 0 Å². The van der Waals surface area contributed by atoms with Crippen LogP contribution < -0.4 is 5.50 Å². The Morgan fingerprint density at radius 3 is 1.75 bits per heavy atom. The fraction of sp³-hybridized carbons (Fsp3) is 0. The predicted octanol–water partition coefficient (Wildman–Crippen LogP) is -0.496. The van der Waals surface area contributed by atoms with Crippen LogP contribution in [0.2, 0.25) is 0 Å². The quantitative estimate of drug-likeness (QED) is 0.402. The maximum atomic E-state index is 7.38. The van der Waals surface area contributed by atoms with Crippen LogP contribution in [0.15, 0.2) is 0 Å². The molecule has 0 radical (unpaired) electrons. The normalized spacial score (nSPS) is 7.50. The van der Waals surface area contributed by atoms with Gasteiger partial charge in [0.15, 0.2) is 0 Å². The summed E-state index contributed by atoms with van der Waals surface area (Å²) in [4.78, 5) is 7.38. The first-order chi connectivity index (χ1) is 1.41. The van der Waals surface area contributed by atoms with Gasteiger partial charge in [-0.1, -0.05) is 0 Å². The van der Waals surface area contributed by atoms with E-state index in [4.69, 9.17) is 4.89 Å². The summed E-state index contributed by atoms with van der Waals surface area (Å²) in [6, 6.07) is 0. The zero-order chi connectivity index (χ0) is 2.71. The lowest BCUT2D eigenvalue weighted by atomic mass is 13.9. The molecule has 28 valence electrons. The maximum absolute atomic E-state index is 7.38. The minimum absolute atomic E-state index is 0. The van der Waals surface area contributed by atoms with E-state index in [1.54, 1.807) is 0 Å². The molecule has 0 bridgehead atoms. The molecule has 0 aliphatic carbocycles. The summed E-state index contributed by atoms with van der Waals surface area (Å²) in [5.41, 5.74) is 4.43. The largest absolute Gasteiger partial charge is 0.362 e. The van der Waals surface area contributed by atoms with Gasteiger partial charge in [-0.2, -0.15) is 9.90 Å². The van der Waals surface area contributed by atoms with Gasteiger partial charge in [0.25, 0.3) is 0 Å². The molecule has 2 atom stereocenters. The third-order valence-corrected chi connectivity index (χ3v) is 0. The molecule has 0 saturated heterocycles. The average Bonchev–Trinajstić information content (AvgIpc) is 0.918. The topological polar surface area (TPSA) is 46.2 Å². The molecule has 2 nitrogen and oxygen atoms in total. The van der Waals surface area contributed by atoms with Crippen LogP contribution in [0.4, 0.5) is 0 Å². The first-order valence-electron chi connectivity index (χ1n) is 0.512. The molecule has 0 rings (SSSR count). The smallest absolute Gasteiger partial charge is 0.0797 e. The Morgan fingerprint density at radius 1 is 1.75 bits per heavy atom. The Labute approximate surface area is 30.3 Å².